The summed E-state index contributed by atoms with van der Waals surface area (Å²) >= 11 is 0. The van der Waals surface area contributed by atoms with Crippen LogP contribution in [0.15, 0.2) is 36.7 Å². The maximum Gasteiger partial charge on any atom is 0.335 e. The third-order valence-electron chi connectivity index (χ3n) is 3.12. The van der Waals surface area contributed by atoms with Crippen molar-refractivity contribution in [3.05, 3.63) is 59.2 Å². The van der Waals surface area contributed by atoms with Gasteiger partial charge in [-0.1, -0.05) is 0 Å². The van der Waals surface area contributed by atoms with Gasteiger partial charge in [-0.05, 0) is 24.3 Å². The van der Waals surface area contributed by atoms with Crippen LogP contribution in [0, 0.1) is 5.82 Å². The number of hydrogen-bond donors (Lipinski definition) is 1. The second-order valence-electron chi connectivity index (χ2n) is 4.34. The van der Waals surface area contributed by atoms with Gasteiger partial charge < -0.3 is 5.11 Å². The number of carboxylic acids is 1. The van der Waals surface area contributed by atoms with Crippen molar-refractivity contribution in [1.82, 2.24) is 4.98 Å². The molecule has 1 aliphatic rings. The highest BCUT2D eigenvalue weighted by Gasteiger charge is 2.38. The van der Waals surface area contributed by atoms with E-state index >= 15 is 0 Å². The molecule has 0 bridgehead atoms. The summed E-state index contributed by atoms with van der Waals surface area (Å²) in [6.07, 6.45) is 2.59. The van der Waals surface area contributed by atoms with Crippen molar-refractivity contribution in [2.75, 3.05) is 4.90 Å². The van der Waals surface area contributed by atoms with Gasteiger partial charge >= 0.3 is 5.97 Å². The van der Waals surface area contributed by atoms with Crippen LogP contribution >= 0.6 is 0 Å². The number of amides is 2. The second kappa shape index (κ2) is 4.48. The molecule has 1 aromatic heterocycles. The Labute approximate surface area is 117 Å². The number of aromatic nitrogens is 1. The van der Waals surface area contributed by atoms with E-state index in [1.54, 1.807) is 0 Å². The minimum atomic E-state index is -1.30. The van der Waals surface area contributed by atoms with Gasteiger partial charge in [0.15, 0.2) is 0 Å². The molecule has 7 heteroatoms. The highest BCUT2D eigenvalue weighted by atomic mass is 19.1. The number of rotatable bonds is 2. The van der Waals surface area contributed by atoms with Crippen LogP contribution < -0.4 is 4.90 Å². The Balaban J connectivity index is 2.09. The van der Waals surface area contributed by atoms with E-state index in [2.05, 4.69) is 4.98 Å². The largest absolute Gasteiger partial charge is 0.478 e. The molecule has 1 N–H and O–H groups in total. The van der Waals surface area contributed by atoms with Crippen LogP contribution in [0.25, 0.3) is 0 Å². The quantitative estimate of drug-likeness (QED) is 0.849. The third kappa shape index (κ3) is 1.86. The summed E-state index contributed by atoms with van der Waals surface area (Å²) in [6.45, 7) is 0. The average Bonchev–Trinajstić information content (AvgIpc) is 2.72. The molecule has 2 amide bonds. The highest BCUT2D eigenvalue weighted by molar-refractivity contribution is 6.34. The molecule has 0 fully saturated rings. The Bertz CT molecular complexity index is 768. The molecule has 0 radical (unpaired) electrons. The molecule has 1 aromatic carbocycles. The summed E-state index contributed by atoms with van der Waals surface area (Å²) < 4.78 is 14.0. The van der Waals surface area contributed by atoms with Gasteiger partial charge in [-0.15, -0.1) is 0 Å². The first-order valence-electron chi connectivity index (χ1n) is 5.86. The van der Waals surface area contributed by atoms with E-state index in [0.29, 0.717) is 4.90 Å². The summed E-state index contributed by atoms with van der Waals surface area (Å²) in [7, 11) is 0. The molecule has 0 unspecified atom stereocenters. The van der Waals surface area contributed by atoms with Crippen LogP contribution in [-0.2, 0) is 0 Å². The van der Waals surface area contributed by atoms with Crippen LogP contribution in [0.1, 0.15) is 31.1 Å². The van der Waals surface area contributed by atoms with Crippen molar-refractivity contribution >= 4 is 23.5 Å². The van der Waals surface area contributed by atoms with Gasteiger partial charge in [0.25, 0.3) is 11.8 Å². The minimum Gasteiger partial charge on any atom is -0.478 e. The van der Waals surface area contributed by atoms with Crippen molar-refractivity contribution in [3.8, 4) is 0 Å². The Morgan fingerprint density at radius 2 is 1.86 bits per heavy atom. The molecule has 21 heavy (non-hydrogen) atoms. The zero-order valence-corrected chi connectivity index (χ0v) is 10.4. The summed E-state index contributed by atoms with van der Waals surface area (Å²) in [5.74, 6) is -3.62. The summed E-state index contributed by atoms with van der Waals surface area (Å²) in [4.78, 5) is 39.5. The molecule has 6 nitrogen and oxygen atoms in total. The lowest BCUT2D eigenvalue weighted by Gasteiger charge is -2.14. The minimum absolute atomic E-state index is 0.0872. The van der Waals surface area contributed by atoms with Crippen molar-refractivity contribution < 1.29 is 23.9 Å². The molecular weight excluding hydrogens is 279 g/mol. The molecule has 3 rings (SSSR count). The van der Waals surface area contributed by atoms with Crippen LogP contribution in [0.5, 0.6) is 0 Å². The number of carbonyl (C=O) groups is 3. The molecule has 0 saturated carbocycles. The molecular formula is C14H7FN2O4. The van der Waals surface area contributed by atoms with E-state index in [9.17, 15) is 18.8 Å². The van der Waals surface area contributed by atoms with Crippen molar-refractivity contribution in [1.29, 1.82) is 0 Å². The molecule has 104 valence electrons. The molecule has 1 aliphatic heterocycles. The van der Waals surface area contributed by atoms with E-state index in [-0.39, 0.29) is 22.4 Å². The van der Waals surface area contributed by atoms with E-state index in [4.69, 9.17) is 5.11 Å². The Kier molecular flexibility index (Phi) is 2.76. The van der Waals surface area contributed by atoms with E-state index in [0.717, 1.165) is 18.2 Å². The van der Waals surface area contributed by atoms with Gasteiger partial charge in [0.1, 0.15) is 5.82 Å². The highest BCUT2D eigenvalue weighted by Crippen LogP contribution is 2.30. The number of hydrogen-bond acceptors (Lipinski definition) is 4. The topological polar surface area (TPSA) is 87.6 Å². The zero-order valence-electron chi connectivity index (χ0n) is 10.4. The van der Waals surface area contributed by atoms with E-state index < -0.39 is 23.6 Å². The predicted octanol–water partition coefficient (Wildman–Crippen LogP) is 1.72. The standard InChI is InChI=1S/C14H7FN2O4/c15-10-5-7(14(20)21)1-2-11(10)17-12(18)8-3-4-16-6-9(8)13(17)19/h1-6H,(H,20,21). The summed E-state index contributed by atoms with van der Waals surface area (Å²) in [5, 5.41) is 8.79. The maximum atomic E-state index is 14.0. The summed E-state index contributed by atoms with van der Waals surface area (Å²) in [5.41, 5.74) is -0.332. The number of aromatic carboxylic acids is 1. The fourth-order valence-electron chi connectivity index (χ4n) is 2.12. The van der Waals surface area contributed by atoms with Crippen molar-refractivity contribution in [3.63, 3.8) is 0 Å². The van der Waals surface area contributed by atoms with Gasteiger partial charge in [0.05, 0.1) is 22.4 Å². The smallest absolute Gasteiger partial charge is 0.335 e. The number of fused-ring (bicyclic) bond motifs is 1. The number of imide groups is 1. The number of carbonyl (C=O) groups excluding carboxylic acids is 2. The van der Waals surface area contributed by atoms with Crippen LogP contribution in [-0.4, -0.2) is 27.9 Å². The lowest BCUT2D eigenvalue weighted by atomic mass is 10.2. The third-order valence-corrected chi connectivity index (χ3v) is 3.12. The molecule has 0 atom stereocenters. The lowest BCUT2D eigenvalue weighted by molar-refractivity contribution is 0.0696. The van der Waals surface area contributed by atoms with Crippen LogP contribution in [0.3, 0.4) is 0 Å². The molecule has 0 saturated heterocycles. The number of pyridine rings is 1. The Morgan fingerprint density at radius 1 is 1.14 bits per heavy atom. The first-order valence-corrected chi connectivity index (χ1v) is 5.86. The van der Waals surface area contributed by atoms with Crippen LogP contribution in [0.2, 0.25) is 0 Å². The second-order valence-corrected chi connectivity index (χ2v) is 4.34. The SMILES string of the molecule is O=C(O)c1ccc(N2C(=O)c3ccncc3C2=O)c(F)c1. The number of benzene rings is 1. The molecule has 0 spiro atoms. The van der Waals surface area contributed by atoms with E-state index in [1.807, 2.05) is 0 Å². The van der Waals surface area contributed by atoms with Gasteiger partial charge in [0, 0.05) is 12.4 Å². The van der Waals surface area contributed by atoms with Crippen molar-refractivity contribution in [2.24, 2.45) is 0 Å². The number of halogens is 1. The first-order chi connectivity index (χ1) is 10.0. The van der Waals surface area contributed by atoms with Gasteiger partial charge in [-0.25, -0.2) is 14.1 Å². The normalized spacial score (nSPS) is 13.5. The van der Waals surface area contributed by atoms with Gasteiger partial charge in [-0.3, -0.25) is 14.6 Å². The molecule has 2 heterocycles. The summed E-state index contributed by atoms with van der Waals surface area (Å²) in [6, 6.07) is 4.36. The van der Waals surface area contributed by atoms with E-state index in [1.165, 1.54) is 18.5 Å². The molecule has 0 aliphatic carbocycles. The molecule has 2 aromatic rings. The number of anilines is 1. The van der Waals surface area contributed by atoms with Gasteiger partial charge in [0.2, 0.25) is 0 Å². The average molecular weight is 286 g/mol. The predicted molar refractivity (Wildman–Crippen MR) is 68.7 cm³/mol. The Hall–Kier alpha value is -3.09. The van der Waals surface area contributed by atoms with Gasteiger partial charge in [-0.2, -0.15) is 0 Å². The number of nitrogens with zero attached hydrogens (tertiary/aromatic N) is 2. The Morgan fingerprint density at radius 3 is 2.48 bits per heavy atom. The fourth-order valence-corrected chi connectivity index (χ4v) is 2.12. The monoisotopic (exact) mass is 286 g/mol. The fraction of sp³-hybridized carbons (Fsp3) is 0. The lowest BCUT2D eigenvalue weighted by Crippen LogP contribution is -2.30. The maximum absolute atomic E-state index is 14.0. The van der Waals surface area contributed by atoms with Crippen molar-refractivity contribution in [2.45, 2.75) is 0 Å². The zero-order chi connectivity index (χ0) is 15.1. The van der Waals surface area contributed by atoms with Crippen LogP contribution in [0.4, 0.5) is 10.1 Å². The first kappa shape index (κ1) is 12.9. The number of carboxylic acid groups (broad SMARTS) is 1.